The van der Waals surface area contributed by atoms with Gasteiger partial charge >= 0.3 is 0 Å². The number of rotatable bonds is 6. The molecule has 0 radical (unpaired) electrons. The van der Waals surface area contributed by atoms with Gasteiger partial charge in [0.2, 0.25) is 10.0 Å². The van der Waals surface area contributed by atoms with Gasteiger partial charge in [0, 0.05) is 26.2 Å². The minimum Gasteiger partial charge on any atom is -0.378 e. The van der Waals surface area contributed by atoms with E-state index in [1.165, 1.54) is 0 Å². The number of sulfonamides is 1. The lowest BCUT2D eigenvalue weighted by Crippen LogP contribution is -2.44. The third-order valence-corrected chi connectivity index (χ3v) is 5.96. The number of nitrogens with two attached hydrogens (primary N) is 1. The highest BCUT2D eigenvalue weighted by Gasteiger charge is 2.20. The first-order chi connectivity index (χ1) is 12.5. The van der Waals surface area contributed by atoms with Crippen LogP contribution in [-0.2, 0) is 26.0 Å². The number of nitrogens with one attached hydrogen (secondary N) is 1. The molecule has 0 amide bonds. The number of ether oxygens (including phenoxy) is 2. The lowest BCUT2D eigenvalue weighted by atomic mass is 10.2. The molecule has 9 heteroatoms. The van der Waals surface area contributed by atoms with Gasteiger partial charge in [-0.05, 0) is 30.5 Å². The lowest BCUT2D eigenvalue weighted by Gasteiger charge is -2.27. The fourth-order valence-electron chi connectivity index (χ4n) is 2.93. The first-order valence-electron chi connectivity index (χ1n) is 8.87. The van der Waals surface area contributed by atoms with Crippen LogP contribution in [0, 0.1) is 0 Å². The summed E-state index contributed by atoms with van der Waals surface area (Å²) in [6, 6.07) is 6.70. The molecule has 2 heterocycles. The van der Waals surface area contributed by atoms with Crippen LogP contribution in [0.15, 0.2) is 34.2 Å². The summed E-state index contributed by atoms with van der Waals surface area (Å²) in [5.41, 5.74) is 6.90. The minimum atomic E-state index is -3.53. The van der Waals surface area contributed by atoms with Crippen molar-refractivity contribution in [3.05, 3.63) is 29.8 Å². The molecule has 2 fully saturated rings. The molecule has 26 heavy (non-hydrogen) atoms. The van der Waals surface area contributed by atoms with E-state index in [1.54, 1.807) is 24.3 Å². The van der Waals surface area contributed by atoms with E-state index in [2.05, 4.69) is 9.71 Å². The van der Waals surface area contributed by atoms with E-state index in [0.717, 1.165) is 31.5 Å². The summed E-state index contributed by atoms with van der Waals surface area (Å²) in [6.45, 7) is 4.21. The predicted octanol–water partition coefficient (Wildman–Crippen LogP) is 0.291. The van der Waals surface area contributed by atoms with Gasteiger partial charge < -0.3 is 20.1 Å². The zero-order chi connectivity index (χ0) is 18.4. The Morgan fingerprint density at radius 3 is 2.62 bits per heavy atom. The molecule has 3 rings (SSSR count). The molecule has 1 aromatic carbocycles. The molecule has 144 valence electrons. The number of aliphatic imine (C=N–C) groups is 1. The minimum absolute atomic E-state index is 0.0263. The summed E-state index contributed by atoms with van der Waals surface area (Å²) in [7, 11) is -3.53. The third kappa shape index (κ3) is 5.16. The zero-order valence-electron chi connectivity index (χ0n) is 14.8. The quantitative estimate of drug-likeness (QED) is 0.541. The number of hydrogen-bond donors (Lipinski definition) is 2. The van der Waals surface area contributed by atoms with Crippen LogP contribution < -0.4 is 10.5 Å². The maximum absolute atomic E-state index is 12.3. The molecule has 1 atom stereocenters. The maximum atomic E-state index is 12.3. The fourth-order valence-corrected chi connectivity index (χ4v) is 4.00. The molecule has 0 aromatic heterocycles. The van der Waals surface area contributed by atoms with Crippen molar-refractivity contribution in [2.75, 3.05) is 39.5 Å². The van der Waals surface area contributed by atoms with Gasteiger partial charge in [0.15, 0.2) is 5.96 Å². The molecule has 0 bridgehead atoms. The van der Waals surface area contributed by atoms with Gasteiger partial charge in [-0.25, -0.2) is 18.1 Å². The Balaban J connectivity index is 1.55. The summed E-state index contributed by atoms with van der Waals surface area (Å²) in [4.78, 5) is 6.61. The first kappa shape index (κ1) is 19.1. The van der Waals surface area contributed by atoms with Crippen LogP contribution in [0.3, 0.4) is 0 Å². The summed E-state index contributed by atoms with van der Waals surface area (Å²) in [6.07, 6.45) is 1.85. The van der Waals surface area contributed by atoms with Gasteiger partial charge in [-0.15, -0.1) is 0 Å². The molecular formula is C17H26N4O4S. The van der Waals surface area contributed by atoms with Crippen LogP contribution in [0.5, 0.6) is 0 Å². The Bertz CT molecular complexity index is 709. The molecule has 3 N–H and O–H groups in total. The Hall–Kier alpha value is -1.68. The Labute approximate surface area is 154 Å². The van der Waals surface area contributed by atoms with Crippen LogP contribution in [0.1, 0.15) is 18.4 Å². The lowest BCUT2D eigenvalue weighted by molar-refractivity contribution is 0.0674. The van der Waals surface area contributed by atoms with Crippen molar-refractivity contribution in [1.82, 2.24) is 9.62 Å². The second-order valence-corrected chi connectivity index (χ2v) is 8.17. The highest BCUT2D eigenvalue weighted by Crippen LogP contribution is 2.14. The van der Waals surface area contributed by atoms with E-state index in [9.17, 15) is 8.42 Å². The summed E-state index contributed by atoms with van der Waals surface area (Å²) < 4.78 is 38.0. The molecule has 2 aliphatic rings. The topological polar surface area (TPSA) is 106 Å². The first-order valence-corrected chi connectivity index (χ1v) is 10.4. The van der Waals surface area contributed by atoms with E-state index < -0.39 is 10.0 Å². The molecule has 1 unspecified atom stereocenters. The van der Waals surface area contributed by atoms with Gasteiger partial charge in [0.1, 0.15) is 0 Å². The van der Waals surface area contributed by atoms with E-state index in [1.807, 2.05) is 4.90 Å². The molecule has 1 aromatic rings. The number of guanidine groups is 1. The number of morpholine rings is 1. The number of benzene rings is 1. The monoisotopic (exact) mass is 382 g/mol. The smallest absolute Gasteiger partial charge is 0.240 e. The zero-order valence-corrected chi connectivity index (χ0v) is 15.6. The molecule has 2 saturated heterocycles. The number of hydrogen-bond acceptors (Lipinski definition) is 5. The normalized spacial score (nSPS) is 21.9. The Morgan fingerprint density at radius 1 is 1.23 bits per heavy atom. The Kier molecular flexibility index (Phi) is 6.47. The molecule has 0 aliphatic carbocycles. The van der Waals surface area contributed by atoms with Crippen LogP contribution in [0.2, 0.25) is 0 Å². The van der Waals surface area contributed by atoms with E-state index in [0.29, 0.717) is 38.9 Å². The van der Waals surface area contributed by atoms with Gasteiger partial charge in [-0.2, -0.15) is 0 Å². The van der Waals surface area contributed by atoms with E-state index >= 15 is 0 Å². The number of nitrogens with zero attached hydrogens (tertiary/aromatic N) is 2. The van der Waals surface area contributed by atoms with Crippen molar-refractivity contribution >= 4 is 16.0 Å². The second-order valence-electron chi connectivity index (χ2n) is 6.40. The van der Waals surface area contributed by atoms with Gasteiger partial charge in [0.25, 0.3) is 0 Å². The Morgan fingerprint density at radius 2 is 1.96 bits per heavy atom. The average Bonchev–Trinajstić information content (AvgIpc) is 3.19. The molecule has 0 spiro atoms. The van der Waals surface area contributed by atoms with Crippen molar-refractivity contribution in [2.45, 2.75) is 30.4 Å². The maximum Gasteiger partial charge on any atom is 0.240 e. The predicted molar refractivity (Wildman–Crippen MR) is 98.3 cm³/mol. The van der Waals surface area contributed by atoms with Crippen molar-refractivity contribution < 1.29 is 17.9 Å². The van der Waals surface area contributed by atoms with Crippen molar-refractivity contribution in [3.8, 4) is 0 Å². The average molecular weight is 382 g/mol. The van der Waals surface area contributed by atoms with Crippen molar-refractivity contribution in [1.29, 1.82) is 0 Å². The largest absolute Gasteiger partial charge is 0.378 e. The van der Waals surface area contributed by atoms with E-state index in [-0.39, 0.29) is 11.0 Å². The summed E-state index contributed by atoms with van der Waals surface area (Å²) in [5.74, 6) is 0.489. The van der Waals surface area contributed by atoms with Gasteiger partial charge in [-0.1, -0.05) is 12.1 Å². The fraction of sp³-hybridized carbons (Fsp3) is 0.588. The standard InChI is InChI=1S/C17H26N4O4S/c18-17(21-7-10-24-11-8-21)19-12-14-3-5-16(6-4-14)26(22,23)20-13-15-2-1-9-25-15/h3-6,15,20H,1-2,7-13H2,(H2,18,19). The molecule has 0 saturated carbocycles. The van der Waals surface area contributed by atoms with E-state index in [4.69, 9.17) is 15.2 Å². The van der Waals surface area contributed by atoms with Crippen molar-refractivity contribution in [3.63, 3.8) is 0 Å². The summed E-state index contributed by atoms with van der Waals surface area (Å²) in [5, 5.41) is 0. The van der Waals surface area contributed by atoms with Gasteiger partial charge in [0.05, 0.1) is 30.8 Å². The second kappa shape index (κ2) is 8.81. The SMILES string of the molecule is NC(=NCc1ccc(S(=O)(=O)NCC2CCCO2)cc1)N1CCOCC1. The molecule has 2 aliphatic heterocycles. The van der Waals surface area contributed by atoms with Crippen LogP contribution in [0.25, 0.3) is 0 Å². The van der Waals surface area contributed by atoms with Crippen molar-refractivity contribution in [2.24, 2.45) is 10.7 Å². The van der Waals surface area contributed by atoms with Crippen LogP contribution in [0.4, 0.5) is 0 Å². The highest BCUT2D eigenvalue weighted by molar-refractivity contribution is 7.89. The summed E-state index contributed by atoms with van der Waals surface area (Å²) >= 11 is 0. The van der Waals surface area contributed by atoms with Crippen LogP contribution in [-0.4, -0.2) is 64.8 Å². The molecule has 8 nitrogen and oxygen atoms in total. The highest BCUT2D eigenvalue weighted by atomic mass is 32.2. The van der Waals surface area contributed by atoms with Gasteiger partial charge in [-0.3, -0.25) is 0 Å². The van der Waals surface area contributed by atoms with Crippen LogP contribution >= 0.6 is 0 Å². The molecular weight excluding hydrogens is 356 g/mol. The third-order valence-electron chi connectivity index (χ3n) is 4.52.